The molecule has 0 atom stereocenters. The SMILES string of the molecule is CC(C)(C)O.C[C-](C)C.[Na+]. The van der Waals surface area contributed by atoms with Crippen LogP contribution in [0, 0.1) is 5.92 Å². The van der Waals surface area contributed by atoms with E-state index < -0.39 is 5.60 Å². The van der Waals surface area contributed by atoms with E-state index in [9.17, 15) is 0 Å². The molecule has 0 amide bonds. The van der Waals surface area contributed by atoms with Crippen LogP contribution in [0.1, 0.15) is 41.5 Å². The molecule has 0 unspecified atom stereocenters. The summed E-state index contributed by atoms with van der Waals surface area (Å²) in [5, 5.41) is 8.52. The molecule has 2 heteroatoms. The number of hydrogen-bond donors (Lipinski definition) is 1. The molecule has 0 aromatic heterocycles. The van der Waals surface area contributed by atoms with E-state index in [4.69, 9.17) is 5.11 Å². The van der Waals surface area contributed by atoms with Gasteiger partial charge in [0.2, 0.25) is 0 Å². The predicted molar refractivity (Wildman–Crippen MR) is 42.2 cm³/mol. The fraction of sp³-hybridized carbons (Fsp3) is 0.875. The van der Waals surface area contributed by atoms with Gasteiger partial charge in [0.25, 0.3) is 0 Å². The third kappa shape index (κ3) is 616. The Labute approximate surface area is 87.5 Å². The maximum atomic E-state index is 8.52. The van der Waals surface area contributed by atoms with Gasteiger partial charge in [-0.25, -0.2) is 0 Å². The number of hydrogen-bond acceptors (Lipinski definition) is 1. The van der Waals surface area contributed by atoms with Gasteiger partial charge >= 0.3 is 29.6 Å². The summed E-state index contributed by atoms with van der Waals surface area (Å²) in [5.74, 6) is 1.42. The molecule has 0 bridgehead atoms. The molecule has 10 heavy (non-hydrogen) atoms. The first-order valence-electron chi connectivity index (χ1n) is 3.22. The summed E-state index contributed by atoms with van der Waals surface area (Å²) >= 11 is 0. The molecule has 0 spiro atoms. The molecular formula is C8H19NaO. The molecule has 0 aromatic carbocycles. The summed E-state index contributed by atoms with van der Waals surface area (Å²) in [6, 6.07) is 0. The molecule has 1 nitrogen and oxygen atoms in total. The van der Waals surface area contributed by atoms with Crippen LogP contribution in [-0.2, 0) is 0 Å². The van der Waals surface area contributed by atoms with Crippen LogP contribution in [0.15, 0.2) is 0 Å². The molecule has 0 rings (SSSR count). The van der Waals surface area contributed by atoms with Crippen molar-refractivity contribution in [2.24, 2.45) is 0 Å². The summed E-state index contributed by atoms with van der Waals surface area (Å²) in [7, 11) is 0. The third-order valence-electron chi connectivity index (χ3n) is 0. The maximum Gasteiger partial charge on any atom is 1.00 e. The van der Waals surface area contributed by atoms with Gasteiger partial charge in [-0.05, 0) is 20.8 Å². The molecule has 0 aliphatic carbocycles. The van der Waals surface area contributed by atoms with Gasteiger partial charge in [-0.15, -0.1) is 0 Å². The van der Waals surface area contributed by atoms with E-state index in [-0.39, 0.29) is 29.6 Å². The van der Waals surface area contributed by atoms with Gasteiger partial charge in [-0.2, -0.15) is 20.8 Å². The maximum absolute atomic E-state index is 8.52. The Balaban J connectivity index is -0.0000000910. The largest absolute Gasteiger partial charge is 1.00 e. The van der Waals surface area contributed by atoms with E-state index in [0.29, 0.717) is 0 Å². The monoisotopic (exact) mass is 154 g/mol. The quantitative estimate of drug-likeness (QED) is 0.365. The molecular weight excluding hydrogens is 135 g/mol. The molecule has 0 radical (unpaired) electrons. The standard InChI is InChI=1S/C4H10O.C4H9.Na/c1-4(2,3)5;1-4(2)3;/h5H,1-3H3;1-3H3;/q;-1;+1. The number of aliphatic hydroxyl groups is 1. The summed E-state index contributed by atoms with van der Waals surface area (Å²) < 4.78 is 0. The first kappa shape index (κ1) is 17.2. The van der Waals surface area contributed by atoms with Gasteiger partial charge in [0.1, 0.15) is 0 Å². The minimum Gasteiger partial charge on any atom is -0.391 e. The van der Waals surface area contributed by atoms with Crippen LogP contribution in [0.5, 0.6) is 0 Å². The Hall–Kier alpha value is 0.960. The van der Waals surface area contributed by atoms with Crippen molar-refractivity contribution in [3.63, 3.8) is 0 Å². The van der Waals surface area contributed by atoms with Gasteiger partial charge in [0.15, 0.2) is 0 Å². The second kappa shape index (κ2) is 8.06. The Morgan fingerprint density at radius 2 is 1.00 bits per heavy atom. The summed E-state index contributed by atoms with van der Waals surface area (Å²) in [6.45, 7) is 11.5. The van der Waals surface area contributed by atoms with Crippen LogP contribution in [-0.4, -0.2) is 10.7 Å². The van der Waals surface area contributed by atoms with Crippen LogP contribution in [0.25, 0.3) is 0 Å². The first-order chi connectivity index (χ1) is 3.73. The van der Waals surface area contributed by atoms with E-state index >= 15 is 0 Å². The third-order valence-corrected chi connectivity index (χ3v) is 0. The fourth-order valence-electron chi connectivity index (χ4n) is 0. The average molecular weight is 154 g/mol. The topological polar surface area (TPSA) is 20.2 Å². The molecule has 0 saturated carbocycles. The normalized spacial score (nSPS) is 9.60. The van der Waals surface area contributed by atoms with E-state index in [1.54, 1.807) is 20.8 Å². The van der Waals surface area contributed by atoms with Crippen molar-refractivity contribution in [3.05, 3.63) is 5.92 Å². The van der Waals surface area contributed by atoms with Crippen molar-refractivity contribution in [1.29, 1.82) is 0 Å². The zero-order chi connectivity index (χ0) is 8.08. The Bertz CT molecular complexity index is 46.0. The number of rotatable bonds is 0. The van der Waals surface area contributed by atoms with Crippen molar-refractivity contribution in [2.45, 2.75) is 47.1 Å². The van der Waals surface area contributed by atoms with Gasteiger partial charge in [0, 0.05) is 0 Å². The second-order valence-electron chi connectivity index (χ2n) is 3.67. The first-order valence-corrected chi connectivity index (χ1v) is 3.22. The van der Waals surface area contributed by atoms with Gasteiger partial charge in [-0.3, -0.25) is 0 Å². The Morgan fingerprint density at radius 1 is 1.00 bits per heavy atom. The van der Waals surface area contributed by atoms with Crippen LogP contribution in [0.2, 0.25) is 0 Å². The minimum atomic E-state index is -0.500. The van der Waals surface area contributed by atoms with Gasteiger partial charge < -0.3 is 11.0 Å². The molecule has 0 saturated heterocycles. The van der Waals surface area contributed by atoms with Crippen LogP contribution in [0.4, 0.5) is 0 Å². The summed E-state index contributed by atoms with van der Waals surface area (Å²) in [5.41, 5.74) is -0.500. The Morgan fingerprint density at radius 3 is 1.00 bits per heavy atom. The molecule has 0 aliphatic heterocycles. The van der Waals surface area contributed by atoms with Crippen molar-refractivity contribution < 1.29 is 34.7 Å². The smallest absolute Gasteiger partial charge is 0.391 e. The zero-order valence-electron chi connectivity index (χ0n) is 8.45. The Kier molecular flexibility index (Phi) is 13.8. The van der Waals surface area contributed by atoms with Crippen molar-refractivity contribution in [2.75, 3.05) is 0 Å². The molecule has 58 valence electrons. The summed E-state index contributed by atoms with van der Waals surface area (Å²) in [6.07, 6.45) is 0. The van der Waals surface area contributed by atoms with Gasteiger partial charge in [-0.1, -0.05) is 0 Å². The predicted octanol–water partition coefficient (Wildman–Crippen LogP) is -0.598. The van der Waals surface area contributed by atoms with Crippen molar-refractivity contribution in [1.82, 2.24) is 0 Å². The van der Waals surface area contributed by atoms with E-state index in [0.717, 1.165) is 0 Å². The van der Waals surface area contributed by atoms with Crippen molar-refractivity contribution in [3.8, 4) is 0 Å². The van der Waals surface area contributed by atoms with Gasteiger partial charge in [0.05, 0.1) is 5.60 Å². The summed E-state index contributed by atoms with van der Waals surface area (Å²) in [4.78, 5) is 0. The molecule has 1 N–H and O–H groups in total. The molecule has 0 heterocycles. The fourth-order valence-corrected chi connectivity index (χ4v) is 0. The molecule has 0 fully saturated rings. The van der Waals surface area contributed by atoms with Crippen LogP contribution in [0.3, 0.4) is 0 Å². The minimum absolute atomic E-state index is 0. The van der Waals surface area contributed by atoms with E-state index in [2.05, 4.69) is 20.8 Å². The zero-order valence-corrected chi connectivity index (χ0v) is 10.4. The van der Waals surface area contributed by atoms with Crippen LogP contribution >= 0.6 is 0 Å². The second-order valence-corrected chi connectivity index (χ2v) is 3.67. The molecule has 0 aromatic rings. The van der Waals surface area contributed by atoms with E-state index in [1.807, 2.05) is 0 Å². The molecule has 0 aliphatic rings. The van der Waals surface area contributed by atoms with E-state index in [1.165, 1.54) is 5.92 Å². The average Bonchev–Trinajstić information content (AvgIpc) is 1.19. The van der Waals surface area contributed by atoms with Crippen LogP contribution < -0.4 is 29.6 Å². The van der Waals surface area contributed by atoms with Crippen molar-refractivity contribution >= 4 is 0 Å².